The fraction of sp³-hybridized carbons (Fsp3) is 1.00. The molecule has 0 aromatic heterocycles. The third kappa shape index (κ3) is 3.96. The first kappa shape index (κ1) is 12.8. The average Bonchev–Trinajstić information content (AvgIpc) is 2.27. The summed E-state index contributed by atoms with van der Waals surface area (Å²) in [7, 11) is 0. The maximum atomic E-state index is 3.84. The number of hydrogen-bond donors (Lipinski definition) is 1. The van der Waals surface area contributed by atoms with Crippen molar-refractivity contribution in [3.8, 4) is 0 Å². The quantitative estimate of drug-likeness (QED) is 0.811. The second-order valence-corrected chi connectivity index (χ2v) is 7.30. The van der Waals surface area contributed by atoms with Crippen LogP contribution in [0.25, 0.3) is 0 Å². The van der Waals surface area contributed by atoms with Gasteiger partial charge in [0.05, 0.1) is 0 Å². The Labute approximate surface area is 105 Å². The molecule has 0 radical (unpaired) electrons. The van der Waals surface area contributed by atoms with Crippen LogP contribution in [0, 0.1) is 17.8 Å². The Morgan fingerprint density at radius 3 is 2.25 bits per heavy atom. The molecule has 2 aliphatic rings. The molecule has 2 rings (SSSR count). The van der Waals surface area contributed by atoms with E-state index in [4.69, 9.17) is 0 Å². The molecule has 94 valence electrons. The zero-order chi connectivity index (χ0) is 11.4. The maximum Gasteiger partial charge on any atom is 0.00722 e. The van der Waals surface area contributed by atoms with Gasteiger partial charge >= 0.3 is 0 Å². The van der Waals surface area contributed by atoms with Gasteiger partial charge in [0, 0.05) is 6.04 Å². The van der Waals surface area contributed by atoms with Crippen molar-refractivity contribution < 1.29 is 0 Å². The van der Waals surface area contributed by atoms with Crippen LogP contribution >= 0.6 is 11.8 Å². The van der Waals surface area contributed by atoms with Crippen LogP contribution in [0.5, 0.6) is 0 Å². The second kappa shape index (κ2) is 6.30. The van der Waals surface area contributed by atoms with Gasteiger partial charge in [-0.15, -0.1) is 0 Å². The molecule has 2 atom stereocenters. The minimum Gasteiger partial charge on any atom is -0.314 e. The van der Waals surface area contributed by atoms with Crippen LogP contribution in [-0.4, -0.2) is 24.1 Å². The molecule has 1 saturated carbocycles. The van der Waals surface area contributed by atoms with E-state index in [-0.39, 0.29) is 0 Å². The smallest absolute Gasteiger partial charge is 0.00722 e. The van der Waals surface area contributed by atoms with E-state index in [1.807, 2.05) is 0 Å². The van der Waals surface area contributed by atoms with E-state index in [2.05, 4.69) is 30.9 Å². The van der Waals surface area contributed by atoms with Crippen molar-refractivity contribution in [2.45, 2.75) is 52.0 Å². The molecule has 0 amide bonds. The molecule has 2 unspecified atom stereocenters. The average molecular weight is 241 g/mol. The van der Waals surface area contributed by atoms with Gasteiger partial charge in [-0.3, -0.25) is 0 Å². The highest BCUT2D eigenvalue weighted by molar-refractivity contribution is 7.99. The Morgan fingerprint density at radius 1 is 1.00 bits per heavy atom. The number of nitrogens with one attached hydrogen (secondary N) is 1. The SMILES string of the molecule is CC1CC(C)CC(NCC2CCSCC2)C1. The summed E-state index contributed by atoms with van der Waals surface area (Å²) in [4.78, 5) is 0. The lowest BCUT2D eigenvalue weighted by atomic mass is 9.80. The summed E-state index contributed by atoms with van der Waals surface area (Å²) in [5.74, 6) is 5.62. The Bertz CT molecular complexity index is 191. The summed E-state index contributed by atoms with van der Waals surface area (Å²) in [6, 6.07) is 0.813. The highest BCUT2D eigenvalue weighted by Gasteiger charge is 2.24. The lowest BCUT2D eigenvalue weighted by Gasteiger charge is -2.33. The van der Waals surface area contributed by atoms with Crippen LogP contribution in [0.15, 0.2) is 0 Å². The topological polar surface area (TPSA) is 12.0 Å². The molecule has 0 bridgehead atoms. The Hall–Kier alpha value is 0.310. The molecule has 0 aromatic carbocycles. The maximum absolute atomic E-state index is 3.84. The van der Waals surface area contributed by atoms with Crippen LogP contribution in [0.1, 0.15) is 46.0 Å². The fourth-order valence-electron chi connectivity index (χ4n) is 3.40. The van der Waals surface area contributed by atoms with Gasteiger partial charge in [-0.05, 0) is 67.9 Å². The van der Waals surface area contributed by atoms with Gasteiger partial charge in [0.25, 0.3) is 0 Å². The van der Waals surface area contributed by atoms with Crippen molar-refractivity contribution in [1.29, 1.82) is 0 Å². The van der Waals surface area contributed by atoms with Crippen molar-refractivity contribution in [3.63, 3.8) is 0 Å². The molecule has 1 aliphatic carbocycles. The highest BCUT2D eigenvalue weighted by atomic mass is 32.2. The van der Waals surface area contributed by atoms with E-state index in [9.17, 15) is 0 Å². The Morgan fingerprint density at radius 2 is 1.62 bits per heavy atom. The first-order valence-corrected chi connectivity index (χ1v) is 8.20. The van der Waals surface area contributed by atoms with E-state index in [1.54, 1.807) is 0 Å². The summed E-state index contributed by atoms with van der Waals surface area (Å²) in [5.41, 5.74) is 0. The molecule has 1 saturated heterocycles. The molecule has 16 heavy (non-hydrogen) atoms. The van der Waals surface area contributed by atoms with Crippen LogP contribution in [0.4, 0.5) is 0 Å². The van der Waals surface area contributed by atoms with Crippen LogP contribution in [-0.2, 0) is 0 Å². The number of rotatable bonds is 3. The van der Waals surface area contributed by atoms with E-state index in [1.165, 1.54) is 50.2 Å². The van der Waals surface area contributed by atoms with Gasteiger partial charge in [-0.25, -0.2) is 0 Å². The molecule has 2 heteroatoms. The monoisotopic (exact) mass is 241 g/mol. The van der Waals surface area contributed by atoms with Crippen molar-refractivity contribution in [3.05, 3.63) is 0 Å². The first-order chi connectivity index (χ1) is 7.74. The molecular formula is C14H27NS. The van der Waals surface area contributed by atoms with Crippen molar-refractivity contribution in [1.82, 2.24) is 5.32 Å². The summed E-state index contributed by atoms with van der Waals surface area (Å²) in [6.45, 7) is 6.12. The standard InChI is InChI=1S/C14H27NS/c1-11-7-12(2)9-14(8-11)15-10-13-3-5-16-6-4-13/h11-15H,3-10H2,1-2H3. The predicted molar refractivity (Wildman–Crippen MR) is 74.0 cm³/mol. The zero-order valence-corrected chi connectivity index (χ0v) is 11.7. The van der Waals surface area contributed by atoms with Crippen LogP contribution in [0.2, 0.25) is 0 Å². The lowest BCUT2D eigenvalue weighted by Crippen LogP contribution is -2.39. The zero-order valence-electron chi connectivity index (χ0n) is 10.9. The number of hydrogen-bond acceptors (Lipinski definition) is 2. The van der Waals surface area contributed by atoms with Gasteiger partial charge < -0.3 is 5.32 Å². The van der Waals surface area contributed by atoms with Crippen molar-refractivity contribution in [2.24, 2.45) is 17.8 Å². The van der Waals surface area contributed by atoms with Gasteiger partial charge in [-0.2, -0.15) is 11.8 Å². The minimum absolute atomic E-state index is 0.813. The van der Waals surface area contributed by atoms with E-state index in [0.29, 0.717) is 0 Å². The lowest BCUT2D eigenvalue weighted by molar-refractivity contribution is 0.230. The molecule has 0 aromatic rings. The summed E-state index contributed by atoms with van der Waals surface area (Å²) < 4.78 is 0. The van der Waals surface area contributed by atoms with Gasteiger partial charge in [-0.1, -0.05) is 13.8 Å². The third-order valence-electron chi connectivity index (χ3n) is 4.21. The van der Waals surface area contributed by atoms with Gasteiger partial charge in [0.2, 0.25) is 0 Å². The molecule has 0 spiro atoms. The third-order valence-corrected chi connectivity index (χ3v) is 5.26. The fourth-order valence-corrected chi connectivity index (χ4v) is 4.60. The Balaban J connectivity index is 1.68. The second-order valence-electron chi connectivity index (χ2n) is 6.08. The summed E-state index contributed by atoms with van der Waals surface area (Å²) >= 11 is 2.13. The minimum atomic E-state index is 0.813. The summed E-state index contributed by atoms with van der Waals surface area (Å²) in [5, 5.41) is 3.84. The molecule has 1 nitrogen and oxygen atoms in total. The Kier molecular flexibility index (Phi) is 5.02. The van der Waals surface area contributed by atoms with E-state index < -0.39 is 0 Å². The normalized spacial score (nSPS) is 37.5. The molecule has 1 N–H and O–H groups in total. The molecule has 2 fully saturated rings. The van der Waals surface area contributed by atoms with Crippen LogP contribution < -0.4 is 5.32 Å². The van der Waals surface area contributed by atoms with E-state index in [0.717, 1.165) is 23.8 Å². The predicted octanol–water partition coefficient (Wildman–Crippen LogP) is 3.54. The van der Waals surface area contributed by atoms with Gasteiger partial charge in [0.15, 0.2) is 0 Å². The first-order valence-electron chi connectivity index (χ1n) is 7.05. The highest BCUT2D eigenvalue weighted by Crippen LogP contribution is 2.29. The van der Waals surface area contributed by atoms with Crippen molar-refractivity contribution in [2.75, 3.05) is 18.1 Å². The van der Waals surface area contributed by atoms with Crippen molar-refractivity contribution >= 4 is 11.8 Å². The molecular weight excluding hydrogens is 214 g/mol. The number of thioether (sulfide) groups is 1. The van der Waals surface area contributed by atoms with Gasteiger partial charge in [0.1, 0.15) is 0 Å². The largest absolute Gasteiger partial charge is 0.314 e. The van der Waals surface area contributed by atoms with Crippen LogP contribution in [0.3, 0.4) is 0 Å². The summed E-state index contributed by atoms with van der Waals surface area (Å²) in [6.07, 6.45) is 7.14. The van der Waals surface area contributed by atoms with E-state index >= 15 is 0 Å². The molecule has 1 aliphatic heterocycles. The molecule has 1 heterocycles.